The van der Waals surface area contributed by atoms with E-state index in [1.165, 1.54) is 0 Å². The molecule has 2 aromatic rings. The number of carbonyl (C=O) groups is 4. The first-order valence-corrected chi connectivity index (χ1v) is 11.6. The van der Waals surface area contributed by atoms with Gasteiger partial charge < -0.3 is 15.4 Å². The van der Waals surface area contributed by atoms with Crippen molar-refractivity contribution in [1.82, 2.24) is 15.6 Å². The first-order valence-electron chi connectivity index (χ1n) is 11.6. The molecule has 34 heavy (non-hydrogen) atoms. The van der Waals surface area contributed by atoms with E-state index in [9.17, 15) is 19.2 Å². The average Bonchev–Trinajstić information content (AvgIpc) is 2.83. The lowest BCUT2D eigenvalue weighted by atomic mass is 9.85. The molecule has 0 saturated heterocycles. The minimum Gasteiger partial charge on any atom is -0.445 e. The SMILES string of the molecule is CC(C)C(NC(=O)OCc1ccccc1)C(=O)CC1Cc2cnccc2CCCNC(=O)C1=O. The fourth-order valence-corrected chi connectivity index (χ4v) is 4.04. The van der Waals surface area contributed by atoms with E-state index in [4.69, 9.17) is 4.74 Å². The van der Waals surface area contributed by atoms with Crippen LogP contribution in [-0.4, -0.2) is 41.1 Å². The number of aryl methyl sites for hydroxylation is 1. The van der Waals surface area contributed by atoms with Gasteiger partial charge in [-0.15, -0.1) is 0 Å². The van der Waals surface area contributed by atoms with Gasteiger partial charge in [0.15, 0.2) is 5.78 Å². The summed E-state index contributed by atoms with van der Waals surface area (Å²) in [6.45, 7) is 4.08. The average molecular weight is 466 g/mol. The highest BCUT2D eigenvalue weighted by Gasteiger charge is 2.33. The molecule has 8 nitrogen and oxygen atoms in total. The van der Waals surface area contributed by atoms with Gasteiger partial charge in [-0.05, 0) is 47.9 Å². The van der Waals surface area contributed by atoms with Crippen LogP contribution in [0.25, 0.3) is 0 Å². The number of aromatic nitrogens is 1. The minimum atomic E-state index is -0.845. The van der Waals surface area contributed by atoms with Crippen molar-refractivity contribution in [3.05, 3.63) is 65.5 Å². The molecule has 2 N–H and O–H groups in total. The second-order valence-electron chi connectivity index (χ2n) is 8.87. The summed E-state index contributed by atoms with van der Waals surface area (Å²) in [5.74, 6) is -2.69. The molecule has 2 amide bonds. The monoisotopic (exact) mass is 465 g/mol. The zero-order valence-electron chi connectivity index (χ0n) is 19.6. The Kier molecular flexibility index (Phi) is 8.90. The molecule has 2 heterocycles. The Morgan fingerprint density at radius 3 is 2.65 bits per heavy atom. The predicted molar refractivity (Wildman–Crippen MR) is 126 cm³/mol. The van der Waals surface area contributed by atoms with Gasteiger partial charge in [0.1, 0.15) is 6.61 Å². The minimum absolute atomic E-state index is 0.0801. The van der Waals surface area contributed by atoms with Crippen LogP contribution in [-0.2, 0) is 38.6 Å². The maximum Gasteiger partial charge on any atom is 0.408 e. The number of hydrogen-bond acceptors (Lipinski definition) is 6. The Hall–Kier alpha value is -3.55. The van der Waals surface area contributed by atoms with Crippen molar-refractivity contribution >= 4 is 23.6 Å². The molecule has 1 aromatic carbocycles. The van der Waals surface area contributed by atoms with E-state index in [1.807, 2.05) is 36.4 Å². The molecule has 1 aromatic heterocycles. The summed E-state index contributed by atoms with van der Waals surface area (Å²) in [7, 11) is 0. The van der Waals surface area contributed by atoms with Gasteiger partial charge in [-0.1, -0.05) is 44.2 Å². The molecule has 0 bridgehead atoms. The van der Waals surface area contributed by atoms with Crippen molar-refractivity contribution in [3.8, 4) is 0 Å². The fourth-order valence-electron chi connectivity index (χ4n) is 4.04. The summed E-state index contributed by atoms with van der Waals surface area (Å²) in [5, 5.41) is 5.28. The molecule has 2 atom stereocenters. The number of pyridine rings is 1. The van der Waals surface area contributed by atoms with E-state index in [-0.39, 0.29) is 31.1 Å². The van der Waals surface area contributed by atoms with E-state index in [0.717, 1.165) is 23.1 Å². The summed E-state index contributed by atoms with van der Waals surface area (Å²) in [6.07, 6.45) is 4.22. The molecular formula is C26H31N3O5. The smallest absolute Gasteiger partial charge is 0.408 e. The Bertz CT molecular complexity index is 1020. The maximum atomic E-state index is 13.2. The predicted octanol–water partition coefficient (Wildman–Crippen LogP) is 2.78. The third-order valence-corrected chi connectivity index (χ3v) is 5.92. The third-order valence-electron chi connectivity index (χ3n) is 5.92. The number of benzene rings is 1. The Labute approximate surface area is 199 Å². The summed E-state index contributed by atoms with van der Waals surface area (Å²) >= 11 is 0. The van der Waals surface area contributed by atoms with Crippen LogP contribution in [0.15, 0.2) is 48.8 Å². The van der Waals surface area contributed by atoms with Crippen LogP contribution in [0.1, 0.15) is 43.4 Å². The van der Waals surface area contributed by atoms with Crippen molar-refractivity contribution in [2.24, 2.45) is 11.8 Å². The molecule has 0 radical (unpaired) electrons. The summed E-state index contributed by atoms with van der Waals surface area (Å²) in [6, 6.07) is 10.3. The number of hydrogen-bond donors (Lipinski definition) is 2. The molecule has 1 aliphatic rings. The first-order chi connectivity index (χ1) is 16.3. The van der Waals surface area contributed by atoms with Gasteiger partial charge >= 0.3 is 6.09 Å². The number of fused-ring (bicyclic) bond motifs is 1. The molecular weight excluding hydrogens is 434 g/mol. The molecule has 0 saturated carbocycles. The summed E-state index contributed by atoms with van der Waals surface area (Å²) in [4.78, 5) is 55.0. The van der Waals surface area contributed by atoms with Crippen LogP contribution in [0.5, 0.6) is 0 Å². The van der Waals surface area contributed by atoms with Crippen LogP contribution in [0, 0.1) is 11.8 Å². The highest BCUT2D eigenvalue weighted by atomic mass is 16.5. The third kappa shape index (κ3) is 6.97. The second-order valence-corrected chi connectivity index (χ2v) is 8.87. The van der Waals surface area contributed by atoms with Crippen LogP contribution in [0.2, 0.25) is 0 Å². The number of rotatable bonds is 7. The van der Waals surface area contributed by atoms with Crippen LogP contribution >= 0.6 is 0 Å². The zero-order valence-corrected chi connectivity index (χ0v) is 19.6. The number of carbonyl (C=O) groups excluding carboxylic acids is 4. The lowest BCUT2D eigenvalue weighted by Gasteiger charge is -2.24. The van der Waals surface area contributed by atoms with Crippen LogP contribution in [0.4, 0.5) is 4.79 Å². The van der Waals surface area contributed by atoms with Gasteiger partial charge in [0.05, 0.1) is 6.04 Å². The molecule has 1 aliphatic heterocycles. The lowest BCUT2D eigenvalue weighted by Crippen LogP contribution is -2.46. The van der Waals surface area contributed by atoms with Gasteiger partial charge in [0, 0.05) is 31.3 Å². The lowest BCUT2D eigenvalue weighted by molar-refractivity contribution is -0.141. The highest BCUT2D eigenvalue weighted by molar-refractivity contribution is 6.37. The number of ether oxygens (including phenoxy) is 1. The standard InChI is InChI=1S/C26H31N3O5/c1-17(2)23(29-26(33)34-16-18-7-4-3-5-8-18)22(30)14-20-13-21-15-27-12-10-19(21)9-6-11-28-25(32)24(20)31/h3-5,7-8,10,12,15,17,20,23H,6,9,11,13-14,16H2,1-2H3,(H,28,32)(H,29,33). The van der Waals surface area contributed by atoms with E-state index in [0.29, 0.717) is 13.0 Å². The molecule has 0 aliphatic carbocycles. The van der Waals surface area contributed by atoms with Gasteiger partial charge in [0.25, 0.3) is 5.91 Å². The van der Waals surface area contributed by atoms with Gasteiger partial charge in [-0.3, -0.25) is 19.4 Å². The van der Waals surface area contributed by atoms with E-state index in [1.54, 1.807) is 26.2 Å². The van der Waals surface area contributed by atoms with Crippen molar-refractivity contribution in [3.63, 3.8) is 0 Å². The van der Waals surface area contributed by atoms with Crippen LogP contribution < -0.4 is 10.6 Å². The molecule has 180 valence electrons. The van der Waals surface area contributed by atoms with Crippen LogP contribution in [0.3, 0.4) is 0 Å². The number of nitrogens with one attached hydrogen (secondary N) is 2. The topological polar surface area (TPSA) is 114 Å². The van der Waals surface area contributed by atoms with E-state index >= 15 is 0 Å². The number of alkyl carbamates (subject to hydrolysis) is 1. The van der Waals surface area contributed by atoms with Gasteiger partial charge in [0.2, 0.25) is 5.78 Å². The quantitative estimate of drug-likeness (QED) is 0.608. The van der Waals surface area contributed by atoms with Crippen molar-refractivity contribution in [2.75, 3.05) is 6.54 Å². The first kappa shape index (κ1) is 25.1. The van der Waals surface area contributed by atoms with Gasteiger partial charge in [-0.25, -0.2) is 4.79 Å². The molecule has 8 heteroatoms. The number of ketones is 2. The van der Waals surface area contributed by atoms with Crippen molar-refractivity contribution in [2.45, 2.75) is 52.2 Å². The van der Waals surface area contributed by atoms with Gasteiger partial charge in [-0.2, -0.15) is 0 Å². The Morgan fingerprint density at radius 2 is 1.91 bits per heavy atom. The highest BCUT2D eigenvalue weighted by Crippen LogP contribution is 2.21. The Balaban J connectivity index is 1.70. The molecule has 3 rings (SSSR count). The second kappa shape index (κ2) is 12.1. The van der Waals surface area contributed by atoms with Crippen molar-refractivity contribution < 1.29 is 23.9 Å². The largest absolute Gasteiger partial charge is 0.445 e. The summed E-state index contributed by atoms with van der Waals surface area (Å²) in [5.41, 5.74) is 2.74. The zero-order chi connectivity index (χ0) is 24.5. The maximum absolute atomic E-state index is 13.2. The van der Waals surface area contributed by atoms with E-state index in [2.05, 4.69) is 15.6 Å². The summed E-state index contributed by atoms with van der Waals surface area (Å²) < 4.78 is 5.26. The number of Topliss-reactive ketones (excluding diaryl/α,β-unsaturated/α-hetero) is 2. The molecule has 2 unspecified atom stereocenters. The number of nitrogens with zero attached hydrogens (tertiary/aromatic N) is 1. The van der Waals surface area contributed by atoms with E-state index < -0.39 is 29.7 Å². The fraction of sp³-hybridized carbons (Fsp3) is 0.423. The number of amides is 2. The molecule has 0 fully saturated rings. The van der Waals surface area contributed by atoms with Crippen molar-refractivity contribution in [1.29, 1.82) is 0 Å². The molecule has 0 spiro atoms. The normalized spacial score (nSPS) is 17.3. The Morgan fingerprint density at radius 1 is 1.15 bits per heavy atom.